The third-order valence-electron chi connectivity index (χ3n) is 3.39. The number of carbonyl (C=O) groups excluding carboxylic acids is 1. The van der Waals surface area contributed by atoms with Crippen molar-refractivity contribution in [3.05, 3.63) is 59.7 Å². The van der Waals surface area contributed by atoms with Gasteiger partial charge in [-0.2, -0.15) is 4.98 Å². The zero-order valence-electron chi connectivity index (χ0n) is 14.0. The third kappa shape index (κ3) is 4.95. The Labute approximate surface area is 137 Å². The molecule has 1 heterocycles. The molecule has 0 bridgehead atoms. The van der Waals surface area contributed by atoms with E-state index in [-0.39, 0.29) is 11.3 Å². The molecule has 4 heteroatoms. The van der Waals surface area contributed by atoms with Gasteiger partial charge >= 0.3 is 0 Å². The first-order valence-electron chi connectivity index (χ1n) is 7.49. The summed E-state index contributed by atoms with van der Waals surface area (Å²) < 4.78 is 5.02. The van der Waals surface area contributed by atoms with Gasteiger partial charge in [-0.05, 0) is 28.7 Å². The van der Waals surface area contributed by atoms with E-state index in [4.69, 9.17) is 4.74 Å². The summed E-state index contributed by atoms with van der Waals surface area (Å²) in [6.45, 7) is 6.52. The van der Waals surface area contributed by atoms with E-state index < -0.39 is 0 Å². The number of amides is 1. The van der Waals surface area contributed by atoms with Crippen LogP contribution < -0.4 is 10.1 Å². The van der Waals surface area contributed by atoms with Gasteiger partial charge in [-0.15, -0.1) is 0 Å². The van der Waals surface area contributed by atoms with Crippen LogP contribution in [0, 0.1) is 0 Å². The first kappa shape index (κ1) is 16.7. The highest BCUT2D eigenvalue weighted by Gasteiger charge is 2.12. The van der Waals surface area contributed by atoms with Crippen molar-refractivity contribution in [2.24, 2.45) is 0 Å². The molecular formula is C19H22N2O2. The molecular weight excluding hydrogens is 288 g/mol. The molecule has 0 unspecified atom stereocenters. The zero-order chi connectivity index (χ0) is 16.9. The third-order valence-corrected chi connectivity index (χ3v) is 3.39. The predicted octanol–water partition coefficient (Wildman–Crippen LogP) is 4.04. The summed E-state index contributed by atoms with van der Waals surface area (Å²) in [6.07, 6.45) is 3.27. The molecule has 2 aromatic rings. The number of carbonyl (C=O) groups is 1. The molecule has 2 rings (SSSR count). The highest BCUT2D eigenvalue weighted by Crippen LogP contribution is 2.22. The molecule has 1 aromatic carbocycles. The Morgan fingerprint density at radius 2 is 1.83 bits per heavy atom. The second kappa shape index (κ2) is 7.09. The van der Waals surface area contributed by atoms with Crippen molar-refractivity contribution < 1.29 is 9.53 Å². The number of rotatable bonds is 4. The number of ether oxygens (including phenoxy) is 1. The highest BCUT2D eigenvalue weighted by molar-refractivity contribution is 6.01. The fourth-order valence-electron chi connectivity index (χ4n) is 2.03. The minimum Gasteiger partial charge on any atom is -0.481 e. The van der Waals surface area contributed by atoms with Crippen molar-refractivity contribution in [3.63, 3.8) is 0 Å². The highest BCUT2D eigenvalue weighted by atomic mass is 16.5. The first-order valence-corrected chi connectivity index (χ1v) is 7.49. The van der Waals surface area contributed by atoms with Crippen LogP contribution >= 0.6 is 0 Å². The average molecular weight is 310 g/mol. The number of nitrogens with one attached hydrogen (secondary N) is 1. The quantitative estimate of drug-likeness (QED) is 0.867. The van der Waals surface area contributed by atoms with Gasteiger partial charge < -0.3 is 10.1 Å². The van der Waals surface area contributed by atoms with E-state index >= 15 is 0 Å². The van der Waals surface area contributed by atoms with E-state index in [2.05, 4.69) is 43.2 Å². The lowest BCUT2D eigenvalue weighted by Gasteiger charge is -2.18. The summed E-state index contributed by atoms with van der Waals surface area (Å²) in [7, 11) is 1.54. The molecule has 0 saturated heterocycles. The maximum Gasteiger partial charge on any atom is 0.249 e. The van der Waals surface area contributed by atoms with E-state index in [0.29, 0.717) is 11.7 Å². The van der Waals surface area contributed by atoms with Crippen LogP contribution in [0.3, 0.4) is 0 Å². The fraction of sp³-hybridized carbons (Fsp3) is 0.263. The van der Waals surface area contributed by atoms with Gasteiger partial charge in [0.2, 0.25) is 11.8 Å². The van der Waals surface area contributed by atoms with Crippen LogP contribution in [-0.4, -0.2) is 18.0 Å². The van der Waals surface area contributed by atoms with Gasteiger partial charge in [-0.1, -0.05) is 51.1 Å². The van der Waals surface area contributed by atoms with E-state index in [1.54, 1.807) is 24.3 Å². The normalized spacial score (nSPS) is 11.5. The molecule has 0 aliphatic heterocycles. The van der Waals surface area contributed by atoms with Gasteiger partial charge in [0.15, 0.2) is 0 Å². The number of methoxy groups -OCH3 is 1. The van der Waals surface area contributed by atoms with E-state index in [1.165, 1.54) is 18.7 Å². The number of hydrogen-bond donors (Lipinski definition) is 1. The minimum atomic E-state index is -0.231. The number of hydrogen-bond acceptors (Lipinski definition) is 3. The van der Waals surface area contributed by atoms with Crippen molar-refractivity contribution in [2.45, 2.75) is 26.2 Å². The second-order valence-electron chi connectivity index (χ2n) is 6.26. The summed E-state index contributed by atoms with van der Waals surface area (Å²) in [5.41, 5.74) is 2.36. The van der Waals surface area contributed by atoms with Gasteiger partial charge in [0.05, 0.1) is 7.11 Å². The van der Waals surface area contributed by atoms with Gasteiger partial charge in [0, 0.05) is 12.1 Å². The molecule has 4 nitrogen and oxygen atoms in total. The van der Waals surface area contributed by atoms with E-state index in [0.717, 1.165) is 5.56 Å². The summed E-state index contributed by atoms with van der Waals surface area (Å²) in [6, 6.07) is 13.4. The molecule has 0 radical (unpaired) electrons. The van der Waals surface area contributed by atoms with Crippen LogP contribution in [0.4, 0.5) is 5.82 Å². The summed E-state index contributed by atoms with van der Waals surface area (Å²) in [5, 5.41) is 2.71. The topological polar surface area (TPSA) is 51.2 Å². The Kier molecular flexibility index (Phi) is 5.16. The van der Waals surface area contributed by atoms with Crippen molar-refractivity contribution >= 4 is 17.8 Å². The van der Waals surface area contributed by atoms with Crippen LogP contribution in [0.15, 0.2) is 48.5 Å². The maximum absolute atomic E-state index is 11.9. The maximum atomic E-state index is 11.9. The molecule has 120 valence electrons. The van der Waals surface area contributed by atoms with Crippen LogP contribution in [0.5, 0.6) is 5.88 Å². The second-order valence-corrected chi connectivity index (χ2v) is 6.26. The number of pyridine rings is 1. The van der Waals surface area contributed by atoms with Gasteiger partial charge in [-0.25, -0.2) is 0 Å². The Morgan fingerprint density at radius 3 is 2.43 bits per heavy atom. The van der Waals surface area contributed by atoms with Crippen molar-refractivity contribution in [2.75, 3.05) is 12.4 Å². The van der Waals surface area contributed by atoms with E-state index in [1.807, 2.05) is 12.1 Å². The molecule has 0 fully saturated rings. The molecule has 23 heavy (non-hydrogen) atoms. The van der Waals surface area contributed by atoms with Crippen molar-refractivity contribution in [3.8, 4) is 5.88 Å². The molecule has 0 aliphatic rings. The van der Waals surface area contributed by atoms with Crippen molar-refractivity contribution in [1.82, 2.24) is 4.98 Å². The zero-order valence-corrected chi connectivity index (χ0v) is 14.0. The van der Waals surface area contributed by atoms with Gasteiger partial charge in [0.25, 0.3) is 0 Å². The van der Waals surface area contributed by atoms with Gasteiger partial charge in [0.1, 0.15) is 5.82 Å². The van der Waals surface area contributed by atoms with Crippen LogP contribution in [0.1, 0.15) is 31.9 Å². The number of nitrogens with zero attached hydrogens (tertiary/aromatic N) is 1. The summed E-state index contributed by atoms with van der Waals surface area (Å²) >= 11 is 0. The molecule has 1 N–H and O–H groups in total. The Bertz CT molecular complexity index is 698. The smallest absolute Gasteiger partial charge is 0.249 e. The van der Waals surface area contributed by atoms with E-state index in [9.17, 15) is 4.79 Å². The molecule has 0 aliphatic carbocycles. The summed E-state index contributed by atoms with van der Waals surface area (Å²) in [4.78, 5) is 16.1. The molecule has 0 atom stereocenters. The predicted molar refractivity (Wildman–Crippen MR) is 93.6 cm³/mol. The lowest BCUT2D eigenvalue weighted by atomic mass is 9.87. The fourth-order valence-corrected chi connectivity index (χ4v) is 2.03. The SMILES string of the molecule is COc1cccc(NC(=O)/C=C/c2ccc(C(C)(C)C)cc2)n1. The first-order chi connectivity index (χ1) is 10.9. The van der Waals surface area contributed by atoms with Crippen LogP contribution in [0.2, 0.25) is 0 Å². The molecule has 0 spiro atoms. The number of benzene rings is 1. The Morgan fingerprint density at radius 1 is 1.13 bits per heavy atom. The van der Waals surface area contributed by atoms with Crippen LogP contribution in [0.25, 0.3) is 6.08 Å². The lowest BCUT2D eigenvalue weighted by Crippen LogP contribution is -2.10. The van der Waals surface area contributed by atoms with Gasteiger partial charge in [-0.3, -0.25) is 4.79 Å². The number of aromatic nitrogens is 1. The minimum absolute atomic E-state index is 0.123. The average Bonchev–Trinajstić information content (AvgIpc) is 2.52. The number of anilines is 1. The summed E-state index contributed by atoms with van der Waals surface area (Å²) in [5.74, 6) is 0.692. The Hall–Kier alpha value is -2.62. The monoisotopic (exact) mass is 310 g/mol. The van der Waals surface area contributed by atoms with Crippen molar-refractivity contribution in [1.29, 1.82) is 0 Å². The Balaban J connectivity index is 2.00. The molecule has 0 saturated carbocycles. The lowest BCUT2D eigenvalue weighted by molar-refractivity contribution is -0.111. The van der Waals surface area contributed by atoms with Crippen LogP contribution in [-0.2, 0) is 10.2 Å². The standard InChI is InChI=1S/C19H22N2O2/c1-19(2,3)15-11-8-14(9-12-15)10-13-17(22)20-16-6-5-7-18(21-16)23-4/h5-13H,1-4H3,(H,20,21,22)/b13-10+. The largest absolute Gasteiger partial charge is 0.481 e. The molecule has 1 aromatic heterocycles. The molecule has 1 amide bonds.